The third kappa shape index (κ3) is 2.94. The lowest BCUT2D eigenvalue weighted by Gasteiger charge is -1.80. The zero-order valence-electron chi connectivity index (χ0n) is 9.85. The van der Waals surface area contributed by atoms with Crippen LogP contribution in [0.5, 0.6) is 0 Å². The largest absolute Gasteiger partial charge is 0.245 e. The zero-order valence-corrected chi connectivity index (χ0v) is 12.4. The number of benzene rings is 2. The second-order valence-electron chi connectivity index (χ2n) is 3.78. The summed E-state index contributed by atoms with van der Waals surface area (Å²) in [4.78, 5) is 8.33. The van der Waals surface area contributed by atoms with E-state index in [9.17, 15) is 0 Å². The summed E-state index contributed by atoms with van der Waals surface area (Å²) in [6.07, 6.45) is 0. The van der Waals surface area contributed by atoms with Gasteiger partial charge in [-0.3, -0.25) is 0 Å². The molecule has 0 atom stereocenters. The Morgan fingerprint density at radius 2 is 1.53 bits per heavy atom. The molecule has 0 aliphatic rings. The van der Waals surface area contributed by atoms with Crippen molar-refractivity contribution < 1.29 is 0 Å². The highest BCUT2D eigenvalue weighted by Crippen LogP contribution is 2.23. The average molecular weight is 302 g/mol. The molecule has 0 saturated heterocycles. The first kappa shape index (κ1) is 12.6. The normalized spacial score (nSPS) is 10.4. The zero-order chi connectivity index (χ0) is 13.1. The Balaban J connectivity index is 0.000000117. The molecule has 2 heterocycles. The molecule has 2 nitrogen and oxygen atoms in total. The van der Waals surface area contributed by atoms with Crippen molar-refractivity contribution in [2.45, 2.75) is 4.34 Å². The number of nitrogens with zero attached hydrogens (tertiary/aromatic N) is 2. The number of hydrogen-bond donors (Lipinski definition) is 1. The molecule has 0 fully saturated rings. The predicted molar refractivity (Wildman–Crippen MR) is 86.5 cm³/mol. The number of aromatic nitrogens is 2. The van der Waals surface area contributed by atoms with Gasteiger partial charge in [-0.1, -0.05) is 24.3 Å². The molecule has 0 aliphatic carbocycles. The molecular weight excluding hydrogens is 292 g/mol. The molecular formula is C14H10N2S3. The first-order chi connectivity index (χ1) is 9.33. The minimum absolute atomic E-state index is 0.834. The molecule has 0 spiro atoms. The van der Waals surface area contributed by atoms with E-state index in [1.807, 2.05) is 48.0 Å². The van der Waals surface area contributed by atoms with Crippen LogP contribution in [0.25, 0.3) is 20.4 Å². The molecule has 4 rings (SSSR count). The van der Waals surface area contributed by atoms with E-state index in [1.54, 1.807) is 22.7 Å². The number of para-hydroxylation sites is 2. The molecule has 4 aromatic rings. The highest BCUT2D eigenvalue weighted by atomic mass is 32.2. The third-order valence-corrected chi connectivity index (χ3v) is 4.54. The molecule has 0 unspecified atom stereocenters. The minimum Gasteiger partial charge on any atom is -0.245 e. The van der Waals surface area contributed by atoms with Crippen LogP contribution in [0, 0.1) is 0 Å². The maximum atomic E-state index is 4.20. The van der Waals surface area contributed by atoms with Crippen LogP contribution >= 0.6 is 35.3 Å². The van der Waals surface area contributed by atoms with Crippen molar-refractivity contribution in [3.8, 4) is 0 Å². The molecule has 0 amide bonds. The van der Waals surface area contributed by atoms with Gasteiger partial charge >= 0.3 is 0 Å². The van der Waals surface area contributed by atoms with Crippen LogP contribution < -0.4 is 0 Å². The molecule has 0 saturated carbocycles. The van der Waals surface area contributed by atoms with Gasteiger partial charge in [0.05, 0.1) is 25.9 Å². The highest BCUT2D eigenvalue weighted by Gasteiger charge is 1.96. The van der Waals surface area contributed by atoms with Crippen LogP contribution in [0.4, 0.5) is 0 Å². The maximum absolute atomic E-state index is 4.20. The van der Waals surface area contributed by atoms with E-state index < -0.39 is 0 Å². The van der Waals surface area contributed by atoms with Crippen molar-refractivity contribution in [3.05, 3.63) is 54.0 Å². The second-order valence-corrected chi connectivity index (χ2v) is 6.43. The lowest BCUT2D eigenvalue weighted by Crippen LogP contribution is -1.63. The summed E-state index contributed by atoms with van der Waals surface area (Å²) in [5, 5.41) is 0. The number of thiol groups is 1. The van der Waals surface area contributed by atoms with Crippen LogP contribution in [0.2, 0.25) is 0 Å². The maximum Gasteiger partial charge on any atom is 0.148 e. The number of rotatable bonds is 0. The fourth-order valence-electron chi connectivity index (χ4n) is 1.66. The van der Waals surface area contributed by atoms with Gasteiger partial charge < -0.3 is 0 Å². The molecule has 0 bridgehead atoms. The molecule has 2 aromatic carbocycles. The van der Waals surface area contributed by atoms with Crippen LogP contribution in [0.15, 0.2) is 58.4 Å². The van der Waals surface area contributed by atoms with E-state index in [0.717, 1.165) is 15.4 Å². The predicted octanol–water partition coefficient (Wildman–Crippen LogP) is 4.88. The number of thiazole rings is 2. The summed E-state index contributed by atoms with van der Waals surface area (Å²) in [7, 11) is 0. The van der Waals surface area contributed by atoms with Crippen molar-refractivity contribution in [2.24, 2.45) is 0 Å². The molecule has 19 heavy (non-hydrogen) atoms. The van der Waals surface area contributed by atoms with E-state index in [2.05, 4.69) is 28.7 Å². The van der Waals surface area contributed by atoms with Crippen LogP contribution in [0.1, 0.15) is 0 Å². The quantitative estimate of drug-likeness (QED) is 0.468. The average Bonchev–Trinajstić information content (AvgIpc) is 3.03. The molecule has 0 N–H and O–H groups in total. The van der Waals surface area contributed by atoms with Gasteiger partial charge in [-0.05, 0) is 24.3 Å². The fourth-order valence-corrected chi connectivity index (χ4v) is 3.45. The molecule has 94 valence electrons. The monoisotopic (exact) mass is 302 g/mol. The first-order valence-electron chi connectivity index (χ1n) is 5.66. The Hall–Kier alpha value is -1.43. The van der Waals surface area contributed by atoms with E-state index >= 15 is 0 Å². The van der Waals surface area contributed by atoms with Gasteiger partial charge in [0.15, 0.2) is 0 Å². The molecule has 5 heteroatoms. The summed E-state index contributed by atoms with van der Waals surface area (Å²) in [5.74, 6) is 0. The number of hydrogen-bond acceptors (Lipinski definition) is 5. The summed E-state index contributed by atoms with van der Waals surface area (Å²) in [5.41, 5.74) is 4.00. The summed E-state index contributed by atoms with van der Waals surface area (Å²) < 4.78 is 3.30. The summed E-state index contributed by atoms with van der Waals surface area (Å²) in [6, 6.07) is 16.2. The van der Waals surface area contributed by atoms with Crippen molar-refractivity contribution in [1.29, 1.82) is 0 Å². The van der Waals surface area contributed by atoms with Crippen molar-refractivity contribution >= 4 is 55.7 Å². The van der Waals surface area contributed by atoms with E-state index in [1.165, 1.54) is 9.40 Å². The Bertz CT molecular complexity index is 741. The van der Waals surface area contributed by atoms with Gasteiger partial charge in [-0.25, -0.2) is 9.97 Å². The van der Waals surface area contributed by atoms with Crippen molar-refractivity contribution in [2.75, 3.05) is 0 Å². The second kappa shape index (κ2) is 5.69. The van der Waals surface area contributed by atoms with Crippen LogP contribution in [0.3, 0.4) is 0 Å². The first-order valence-corrected chi connectivity index (χ1v) is 7.80. The van der Waals surface area contributed by atoms with Crippen LogP contribution in [-0.4, -0.2) is 9.97 Å². The van der Waals surface area contributed by atoms with Gasteiger partial charge in [-0.15, -0.1) is 35.3 Å². The summed E-state index contributed by atoms with van der Waals surface area (Å²) >= 11 is 7.43. The van der Waals surface area contributed by atoms with E-state index in [0.29, 0.717) is 0 Å². The Morgan fingerprint density at radius 1 is 0.842 bits per heavy atom. The standard InChI is InChI=1S/C7H5NS2.C7H5NS/c9-7-8-5-3-1-2-4-6(5)10-7;1-2-4-7-6(3-1)8-5-9-7/h1-4H,(H,8,9);1-5H. The van der Waals surface area contributed by atoms with Gasteiger partial charge in [0, 0.05) is 0 Å². The fraction of sp³-hybridized carbons (Fsp3) is 0. The Morgan fingerprint density at radius 3 is 2.26 bits per heavy atom. The highest BCUT2D eigenvalue weighted by molar-refractivity contribution is 7.82. The van der Waals surface area contributed by atoms with Gasteiger partial charge in [0.2, 0.25) is 0 Å². The minimum atomic E-state index is 0.834. The third-order valence-electron chi connectivity index (χ3n) is 2.52. The Labute approximate surface area is 124 Å². The lowest BCUT2D eigenvalue weighted by atomic mass is 10.3. The summed E-state index contributed by atoms with van der Waals surface area (Å²) in [6.45, 7) is 0. The van der Waals surface area contributed by atoms with Gasteiger partial charge in [0.25, 0.3) is 0 Å². The van der Waals surface area contributed by atoms with Crippen molar-refractivity contribution in [3.63, 3.8) is 0 Å². The van der Waals surface area contributed by atoms with Crippen molar-refractivity contribution in [1.82, 2.24) is 9.97 Å². The molecule has 2 aromatic heterocycles. The van der Waals surface area contributed by atoms with E-state index in [-0.39, 0.29) is 0 Å². The van der Waals surface area contributed by atoms with Gasteiger partial charge in [0.1, 0.15) is 4.34 Å². The molecule has 0 radical (unpaired) electrons. The molecule has 0 aliphatic heterocycles. The van der Waals surface area contributed by atoms with Crippen LogP contribution in [-0.2, 0) is 0 Å². The topological polar surface area (TPSA) is 25.8 Å². The van der Waals surface area contributed by atoms with Gasteiger partial charge in [-0.2, -0.15) is 0 Å². The SMILES string of the molecule is Sc1nc2ccccc2s1.c1ccc2scnc2c1. The Kier molecular flexibility index (Phi) is 3.77. The van der Waals surface area contributed by atoms with E-state index in [4.69, 9.17) is 0 Å². The number of fused-ring (bicyclic) bond motifs is 2. The lowest BCUT2D eigenvalue weighted by molar-refractivity contribution is 1.31. The smallest absolute Gasteiger partial charge is 0.148 e.